The van der Waals surface area contributed by atoms with Crippen LogP contribution in [0.1, 0.15) is 16.9 Å². The fourth-order valence-corrected chi connectivity index (χ4v) is 1.53. The van der Waals surface area contributed by atoms with Crippen molar-refractivity contribution in [2.24, 2.45) is 5.73 Å². The van der Waals surface area contributed by atoms with E-state index in [4.69, 9.17) is 5.73 Å². The summed E-state index contributed by atoms with van der Waals surface area (Å²) in [5, 5.41) is 3.19. The van der Waals surface area contributed by atoms with Crippen molar-refractivity contribution < 1.29 is 4.79 Å². The Hall–Kier alpha value is -1.16. The fourth-order valence-electron chi connectivity index (χ4n) is 1.53. The Morgan fingerprint density at radius 3 is 3.00 bits per heavy atom. The molecule has 0 bridgehead atoms. The van der Waals surface area contributed by atoms with Crippen LogP contribution in [0, 0.1) is 0 Å². The topological polar surface area (TPSA) is 60.1 Å². The molecule has 1 aliphatic heterocycles. The first kappa shape index (κ1) is 9.92. The van der Waals surface area contributed by atoms with E-state index in [1.807, 2.05) is 10.6 Å². The van der Waals surface area contributed by atoms with Gasteiger partial charge in [-0.15, -0.1) is 12.4 Å². The average Bonchev–Trinajstić information content (AvgIpc) is 2.47. The van der Waals surface area contributed by atoms with E-state index < -0.39 is 0 Å². The second-order valence-electron chi connectivity index (χ2n) is 2.90. The molecule has 1 aliphatic rings. The summed E-state index contributed by atoms with van der Waals surface area (Å²) in [5.41, 5.74) is 5.79. The number of nitrogens with two attached hydrogens (primary N) is 1. The van der Waals surface area contributed by atoms with Gasteiger partial charge in [0.15, 0.2) is 0 Å². The average molecular weight is 202 g/mol. The van der Waals surface area contributed by atoms with Crippen LogP contribution >= 0.6 is 12.4 Å². The SMILES string of the molecule is Cl.NC(=O)c1ccc2n1CCCN2. The van der Waals surface area contributed by atoms with Crippen molar-refractivity contribution in [3.05, 3.63) is 17.8 Å². The van der Waals surface area contributed by atoms with Crippen molar-refractivity contribution in [1.82, 2.24) is 4.57 Å². The van der Waals surface area contributed by atoms with Crippen LogP contribution in [0.4, 0.5) is 5.82 Å². The van der Waals surface area contributed by atoms with Crippen LogP contribution in [0.15, 0.2) is 12.1 Å². The first-order chi connectivity index (χ1) is 5.79. The predicted octanol–water partition coefficient (Wildman–Crippen LogP) is 0.824. The van der Waals surface area contributed by atoms with Crippen LogP contribution in [-0.4, -0.2) is 17.0 Å². The van der Waals surface area contributed by atoms with E-state index in [9.17, 15) is 4.79 Å². The maximum Gasteiger partial charge on any atom is 0.265 e. The molecular formula is C8H12ClN3O. The number of aromatic nitrogens is 1. The number of rotatable bonds is 1. The van der Waals surface area contributed by atoms with Gasteiger partial charge in [-0.3, -0.25) is 4.79 Å². The van der Waals surface area contributed by atoms with Crippen LogP contribution in [0.5, 0.6) is 0 Å². The van der Waals surface area contributed by atoms with Crippen molar-refractivity contribution in [3.8, 4) is 0 Å². The van der Waals surface area contributed by atoms with Crippen LogP contribution in [0.3, 0.4) is 0 Å². The van der Waals surface area contributed by atoms with Gasteiger partial charge in [0.1, 0.15) is 11.5 Å². The molecule has 0 fully saturated rings. The first-order valence-electron chi connectivity index (χ1n) is 4.02. The van der Waals surface area contributed by atoms with Gasteiger partial charge < -0.3 is 15.6 Å². The third-order valence-corrected chi connectivity index (χ3v) is 2.10. The number of hydrogen-bond acceptors (Lipinski definition) is 2. The fraction of sp³-hybridized carbons (Fsp3) is 0.375. The van der Waals surface area contributed by atoms with Crippen LogP contribution in [0.2, 0.25) is 0 Å². The molecule has 0 radical (unpaired) electrons. The molecule has 3 N–H and O–H groups in total. The lowest BCUT2D eigenvalue weighted by Crippen LogP contribution is -2.22. The number of fused-ring (bicyclic) bond motifs is 1. The third-order valence-electron chi connectivity index (χ3n) is 2.10. The van der Waals surface area contributed by atoms with Gasteiger partial charge in [-0.2, -0.15) is 0 Å². The van der Waals surface area contributed by atoms with E-state index in [2.05, 4.69) is 5.32 Å². The molecule has 5 heteroatoms. The minimum Gasteiger partial charge on any atom is -0.371 e. The molecule has 13 heavy (non-hydrogen) atoms. The highest BCUT2D eigenvalue weighted by Crippen LogP contribution is 2.18. The number of halogens is 1. The molecule has 0 aromatic carbocycles. The number of carbonyl (C=O) groups is 1. The summed E-state index contributed by atoms with van der Waals surface area (Å²) in [7, 11) is 0. The highest BCUT2D eigenvalue weighted by atomic mass is 35.5. The van der Waals surface area contributed by atoms with E-state index >= 15 is 0 Å². The van der Waals surface area contributed by atoms with Crippen molar-refractivity contribution in [2.75, 3.05) is 11.9 Å². The van der Waals surface area contributed by atoms with Gasteiger partial charge >= 0.3 is 0 Å². The zero-order chi connectivity index (χ0) is 8.55. The zero-order valence-corrected chi connectivity index (χ0v) is 7.93. The number of hydrogen-bond donors (Lipinski definition) is 2. The Kier molecular flexibility index (Phi) is 2.83. The van der Waals surface area contributed by atoms with Crippen molar-refractivity contribution >= 4 is 24.1 Å². The van der Waals surface area contributed by atoms with Gasteiger partial charge in [0.2, 0.25) is 0 Å². The molecule has 4 nitrogen and oxygen atoms in total. The number of primary amides is 1. The van der Waals surface area contributed by atoms with Gasteiger partial charge in [-0.05, 0) is 18.6 Å². The second kappa shape index (κ2) is 3.70. The molecule has 1 amide bonds. The summed E-state index contributed by atoms with van der Waals surface area (Å²) in [6, 6.07) is 3.65. The highest BCUT2D eigenvalue weighted by Gasteiger charge is 2.14. The summed E-state index contributed by atoms with van der Waals surface area (Å²) >= 11 is 0. The Morgan fingerprint density at radius 2 is 2.31 bits per heavy atom. The van der Waals surface area contributed by atoms with E-state index in [0.717, 1.165) is 25.3 Å². The Labute approximate surface area is 82.5 Å². The normalized spacial score (nSPS) is 13.8. The quantitative estimate of drug-likeness (QED) is 0.707. The molecular weight excluding hydrogens is 190 g/mol. The molecule has 2 heterocycles. The van der Waals surface area contributed by atoms with E-state index in [0.29, 0.717) is 5.69 Å². The van der Waals surface area contributed by atoms with E-state index in [-0.39, 0.29) is 18.3 Å². The number of anilines is 1. The second-order valence-corrected chi connectivity index (χ2v) is 2.90. The summed E-state index contributed by atoms with van der Waals surface area (Å²) in [5.74, 6) is 0.639. The van der Waals surface area contributed by atoms with Crippen LogP contribution in [-0.2, 0) is 6.54 Å². The molecule has 1 aromatic heterocycles. The maximum absolute atomic E-state index is 10.9. The molecule has 0 atom stereocenters. The van der Waals surface area contributed by atoms with Gasteiger partial charge in [-0.25, -0.2) is 0 Å². The molecule has 0 saturated heterocycles. The highest BCUT2D eigenvalue weighted by molar-refractivity contribution is 5.92. The standard InChI is InChI=1S/C8H11N3O.ClH/c9-8(12)6-2-3-7-10-4-1-5-11(6)7;/h2-3,10H,1,4-5H2,(H2,9,12);1H. The van der Waals surface area contributed by atoms with Crippen LogP contribution < -0.4 is 11.1 Å². The minimum atomic E-state index is -0.357. The van der Waals surface area contributed by atoms with Gasteiger partial charge in [0.05, 0.1) is 0 Å². The minimum absolute atomic E-state index is 0. The maximum atomic E-state index is 10.9. The van der Waals surface area contributed by atoms with E-state index in [1.165, 1.54) is 0 Å². The Bertz CT molecular complexity index is 321. The molecule has 0 spiro atoms. The number of amides is 1. The predicted molar refractivity (Wildman–Crippen MR) is 53.3 cm³/mol. The number of carbonyl (C=O) groups excluding carboxylic acids is 1. The molecule has 0 unspecified atom stereocenters. The molecule has 1 aromatic rings. The Morgan fingerprint density at radius 1 is 1.54 bits per heavy atom. The lowest BCUT2D eigenvalue weighted by molar-refractivity contribution is 0.0991. The third kappa shape index (κ3) is 1.62. The van der Waals surface area contributed by atoms with Crippen LogP contribution in [0.25, 0.3) is 0 Å². The van der Waals surface area contributed by atoms with Crippen molar-refractivity contribution in [2.45, 2.75) is 13.0 Å². The van der Waals surface area contributed by atoms with Crippen molar-refractivity contribution in [1.29, 1.82) is 0 Å². The monoisotopic (exact) mass is 201 g/mol. The summed E-state index contributed by atoms with van der Waals surface area (Å²) in [6.07, 6.45) is 1.04. The van der Waals surface area contributed by atoms with Gasteiger partial charge in [-0.1, -0.05) is 0 Å². The van der Waals surface area contributed by atoms with E-state index in [1.54, 1.807) is 6.07 Å². The largest absolute Gasteiger partial charge is 0.371 e. The molecule has 0 saturated carbocycles. The summed E-state index contributed by atoms with van der Waals surface area (Å²) in [6.45, 7) is 1.86. The van der Waals surface area contributed by atoms with Gasteiger partial charge in [0, 0.05) is 13.1 Å². The smallest absolute Gasteiger partial charge is 0.265 e. The summed E-state index contributed by atoms with van der Waals surface area (Å²) in [4.78, 5) is 10.9. The Balaban J connectivity index is 0.000000845. The lowest BCUT2D eigenvalue weighted by Gasteiger charge is -2.18. The molecule has 2 rings (SSSR count). The number of nitrogens with one attached hydrogen (secondary N) is 1. The molecule has 0 aliphatic carbocycles. The lowest BCUT2D eigenvalue weighted by atomic mass is 10.3. The zero-order valence-electron chi connectivity index (χ0n) is 7.12. The summed E-state index contributed by atoms with van der Waals surface area (Å²) < 4.78 is 1.92. The number of nitrogens with zero attached hydrogens (tertiary/aromatic N) is 1. The van der Waals surface area contributed by atoms with Gasteiger partial charge in [0.25, 0.3) is 5.91 Å². The molecule has 72 valence electrons. The first-order valence-corrected chi connectivity index (χ1v) is 4.02. The van der Waals surface area contributed by atoms with Crippen molar-refractivity contribution in [3.63, 3.8) is 0 Å².